The van der Waals surface area contributed by atoms with E-state index in [0.29, 0.717) is 6.61 Å². The highest BCUT2D eigenvalue weighted by Crippen LogP contribution is 2.26. The molecule has 104 valence electrons. The first-order valence-electron chi connectivity index (χ1n) is 6.34. The summed E-state index contributed by atoms with van der Waals surface area (Å²) in [6.07, 6.45) is 1.85. The van der Waals surface area contributed by atoms with Gasteiger partial charge in [0, 0.05) is 11.6 Å². The highest BCUT2D eigenvalue weighted by molar-refractivity contribution is 5.91. The summed E-state index contributed by atoms with van der Waals surface area (Å²) >= 11 is 0. The third-order valence-electron chi connectivity index (χ3n) is 3.19. The van der Waals surface area contributed by atoms with Crippen molar-refractivity contribution < 1.29 is 19.1 Å². The quantitative estimate of drug-likeness (QED) is 0.562. The fourth-order valence-electron chi connectivity index (χ4n) is 2.32. The summed E-state index contributed by atoms with van der Waals surface area (Å²) in [4.78, 5) is 24.6. The predicted molar refractivity (Wildman–Crippen MR) is 67.1 cm³/mol. The molecule has 1 atom stereocenters. The highest BCUT2D eigenvalue weighted by atomic mass is 16.5. The van der Waals surface area contributed by atoms with Crippen LogP contribution in [-0.2, 0) is 19.1 Å². The summed E-state index contributed by atoms with van der Waals surface area (Å²) in [5.41, 5.74) is 0.0793. The van der Waals surface area contributed by atoms with Crippen LogP contribution in [0.25, 0.3) is 0 Å². The molecular weight excluding hydrogens is 234 g/mol. The van der Waals surface area contributed by atoms with E-state index in [-0.39, 0.29) is 18.0 Å². The molecule has 1 aliphatic rings. The van der Waals surface area contributed by atoms with Crippen LogP contribution in [0.1, 0.15) is 40.0 Å². The number of esters is 2. The minimum atomic E-state index is -0.556. The fraction of sp³-hybridized carbons (Fsp3) is 0.846. The molecule has 0 saturated carbocycles. The fourth-order valence-corrected chi connectivity index (χ4v) is 2.32. The van der Waals surface area contributed by atoms with Gasteiger partial charge in [0.25, 0.3) is 0 Å². The Balaban J connectivity index is 2.39. The van der Waals surface area contributed by atoms with Crippen LogP contribution in [0.2, 0.25) is 0 Å². The van der Waals surface area contributed by atoms with Crippen LogP contribution in [0.4, 0.5) is 0 Å². The second-order valence-electron chi connectivity index (χ2n) is 5.60. The van der Waals surface area contributed by atoms with Crippen molar-refractivity contribution in [3.8, 4) is 0 Å². The number of ether oxygens (including phenoxy) is 2. The summed E-state index contributed by atoms with van der Waals surface area (Å²) in [6, 6.07) is 0.256. The number of hydrogen-bond donors (Lipinski definition) is 0. The topological polar surface area (TPSA) is 55.8 Å². The maximum atomic E-state index is 11.4. The Morgan fingerprint density at radius 1 is 1.28 bits per heavy atom. The molecule has 1 rings (SSSR count). The molecule has 5 nitrogen and oxygen atoms in total. The van der Waals surface area contributed by atoms with Crippen molar-refractivity contribution in [2.45, 2.75) is 51.6 Å². The molecule has 0 aliphatic carbocycles. The summed E-state index contributed by atoms with van der Waals surface area (Å²) in [5.74, 6) is -1.07. The molecule has 1 heterocycles. The SMILES string of the molecule is COC(=O)CC(=O)OC[C@@H]1CCCN1C(C)(C)C. The minimum Gasteiger partial charge on any atom is -0.469 e. The number of hydrogen-bond acceptors (Lipinski definition) is 5. The second kappa shape index (κ2) is 6.18. The largest absolute Gasteiger partial charge is 0.469 e. The molecule has 5 heteroatoms. The summed E-state index contributed by atoms with van der Waals surface area (Å²) < 4.78 is 9.56. The monoisotopic (exact) mass is 257 g/mol. The zero-order chi connectivity index (χ0) is 13.8. The molecule has 0 radical (unpaired) electrons. The van der Waals surface area contributed by atoms with Crippen molar-refractivity contribution in [1.29, 1.82) is 0 Å². The van der Waals surface area contributed by atoms with E-state index in [1.165, 1.54) is 7.11 Å². The first kappa shape index (κ1) is 15.0. The van der Waals surface area contributed by atoms with Crippen LogP contribution in [0.15, 0.2) is 0 Å². The van der Waals surface area contributed by atoms with Crippen LogP contribution < -0.4 is 0 Å². The van der Waals surface area contributed by atoms with E-state index in [1.807, 2.05) is 0 Å². The lowest BCUT2D eigenvalue weighted by Crippen LogP contribution is -2.46. The third-order valence-corrected chi connectivity index (χ3v) is 3.19. The molecule has 1 saturated heterocycles. The number of rotatable bonds is 4. The lowest BCUT2D eigenvalue weighted by molar-refractivity contribution is -0.154. The van der Waals surface area contributed by atoms with Gasteiger partial charge in [-0.3, -0.25) is 14.5 Å². The maximum absolute atomic E-state index is 11.4. The molecule has 0 aromatic heterocycles. The van der Waals surface area contributed by atoms with Gasteiger partial charge in [0.1, 0.15) is 13.0 Å². The molecule has 0 N–H and O–H groups in total. The van der Waals surface area contributed by atoms with Crippen LogP contribution in [0, 0.1) is 0 Å². The molecule has 0 aromatic carbocycles. The summed E-state index contributed by atoms with van der Waals surface area (Å²) in [7, 11) is 1.26. The molecule has 0 aromatic rings. The minimum absolute atomic E-state index is 0.0793. The van der Waals surface area contributed by atoms with E-state index < -0.39 is 11.9 Å². The predicted octanol–water partition coefficient (Wildman–Crippen LogP) is 1.36. The van der Waals surface area contributed by atoms with Crippen molar-refractivity contribution >= 4 is 11.9 Å². The van der Waals surface area contributed by atoms with Gasteiger partial charge in [0.05, 0.1) is 7.11 Å². The third kappa shape index (κ3) is 4.29. The van der Waals surface area contributed by atoms with Gasteiger partial charge >= 0.3 is 11.9 Å². The van der Waals surface area contributed by atoms with Gasteiger partial charge < -0.3 is 9.47 Å². The number of methoxy groups -OCH3 is 1. The molecule has 18 heavy (non-hydrogen) atoms. The smallest absolute Gasteiger partial charge is 0.317 e. The van der Waals surface area contributed by atoms with Gasteiger partial charge in [-0.2, -0.15) is 0 Å². The Hall–Kier alpha value is -1.10. The Kier molecular flexibility index (Phi) is 5.14. The average Bonchev–Trinajstić information content (AvgIpc) is 2.74. The van der Waals surface area contributed by atoms with E-state index in [2.05, 4.69) is 30.4 Å². The summed E-state index contributed by atoms with van der Waals surface area (Å²) in [6.45, 7) is 7.85. The van der Waals surface area contributed by atoms with Crippen LogP contribution in [0.3, 0.4) is 0 Å². The van der Waals surface area contributed by atoms with Gasteiger partial charge in [-0.05, 0) is 40.2 Å². The van der Waals surface area contributed by atoms with Crippen molar-refractivity contribution in [2.24, 2.45) is 0 Å². The highest BCUT2D eigenvalue weighted by Gasteiger charge is 2.33. The summed E-state index contributed by atoms with van der Waals surface area (Å²) in [5, 5.41) is 0. The molecule has 0 spiro atoms. The number of nitrogens with zero attached hydrogens (tertiary/aromatic N) is 1. The molecule has 1 aliphatic heterocycles. The molecule has 0 amide bonds. The Labute approximate surface area is 108 Å². The Bertz CT molecular complexity index is 309. The van der Waals surface area contributed by atoms with Crippen LogP contribution >= 0.6 is 0 Å². The van der Waals surface area contributed by atoms with Crippen LogP contribution in [-0.4, -0.2) is 48.7 Å². The first-order valence-corrected chi connectivity index (χ1v) is 6.34. The van der Waals surface area contributed by atoms with Crippen LogP contribution in [0.5, 0.6) is 0 Å². The van der Waals surface area contributed by atoms with Gasteiger partial charge in [-0.1, -0.05) is 0 Å². The maximum Gasteiger partial charge on any atom is 0.317 e. The standard InChI is InChI=1S/C13H23NO4/c1-13(2,3)14-7-5-6-10(14)9-18-12(16)8-11(15)17-4/h10H,5-9H2,1-4H3/t10-/m0/s1. The lowest BCUT2D eigenvalue weighted by atomic mass is 10.1. The zero-order valence-electron chi connectivity index (χ0n) is 11.7. The van der Waals surface area contributed by atoms with Gasteiger partial charge in [0.15, 0.2) is 0 Å². The van der Waals surface area contributed by atoms with E-state index in [1.54, 1.807) is 0 Å². The van der Waals surface area contributed by atoms with Gasteiger partial charge in [-0.25, -0.2) is 0 Å². The molecule has 0 unspecified atom stereocenters. The van der Waals surface area contributed by atoms with Crippen molar-refractivity contribution in [2.75, 3.05) is 20.3 Å². The molecular formula is C13H23NO4. The number of carbonyl (C=O) groups excluding carboxylic acids is 2. The van der Waals surface area contributed by atoms with Crippen molar-refractivity contribution in [1.82, 2.24) is 4.90 Å². The Morgan fingerprint density at radius 2 is 1.94 bits per heavy atom. The number of likely N-dealkylation sites (tertiary alicyclic amines) is 1. The Morgan fingerprint density at radius 3 is 2.50 bits per heavy atom. The van der Waals surface area contributed by atoms with Gasteiger partial charge in [-0.15, -0.1) is 0 Å². The second-order valence-corrected chi connectivity index (χ2v) is 5.60. The number of carbonyl (C=O) groups is 2. The van der Waals surface area contributed by atoms with E-state index in [9.17, 15) is 9.59 Å². The lowest BCUT2D eigenvalue weighted by Gasteiger charge is -2.36. The molecule has 0 bridgehead atoms. The van der Waals surface area contributed by atoms with Gasteiger partial charge in [0.2, 0.25) is 0 Å². The van der Waals surface area contributed by atoms with Crippen molar-refractivity contribution in [3.05, 3.63) is 0 Å². The van der Waals surface area contributed by atoms with E-state index >= 15 is 0 Å². The zero-order valence-corrected chi connectivity index (χ0v) is 11.7. The normalized spacial score (nSPS) is 20.8. The van der Waals surface area contributed by atoms with E-state index in [0.717, 1.165) is 19.4 Å². The average molecular weight is 257 g/mol. The first-order chi connectivity index (χ1) is 8.34. The van der Waals surface area contributed by atoms with E-state index in [4.69, 9.17) is 4.74 Å². The molecule has 1 fully saturated rings. The van der Waals surface area contributed by atoms with Crippen molar-refractivity contribution in [3.63, 3.8) is 0 Å².